The summed E-state index contributed by atoms with van der Waals surface area (Å²) in [6, 6.07) is 20.3. The fourth-order valence-corrected chi connectivity index (χ4v) is 4.52. The summed E-state index contributed by atoms with van der Waals surface area (Å²) in [6.07, 6.45) is 2.29. The molecule has 2 heterocycles. The smallest absolute Gasteiger partial charge is 0.225 e. The van der Waals surface area contributed by atoms with Crippen LogP contribution >= 0.6 is 0 Å². The van der Waals surface area contributed by atoms with Crippen LogP contribution in [-0.2, 0) is 16.1 Å². The zero-order valence-electron chi connectivity index (χ0n) is 19.8. The minimum atomic E-state index is -0.243. The zero-order valence-corrected chi connectivity index (χ0v) is 19.8. The highest BCUT2D eigenvalue weighted by atomic mass is 16.5. The van der Waals surface area contributed by atoms with Crippen molar-refractivity contribution >= 4 is 5.91 Å². The zero-order chi connectivity index (χ0) is 23.4. The molecule has 1 aliphatic heterocycles. The molecule has 1 amide bonds. The lowest BCUT2D eigenvalue weighted by molar-refractivity contribution is -0.136. The van der Waals surface area contributed by atoms with Crippen molar-refractivity contribution in [3.63, 3.8) is 0 Å². The van der Waals surface area contributed by atoms with E-state index in [2.05, 4.69) is 55.8 Å². The first-order chi connectivity index (χ1) is 15.9. The van der Waals surface area contributed by atoms with Crippen LogP contribution < -0.4 is 5.73 Å². The minimum absolute atomic E-state index is 0.0846. The van der Waals surface area contributed by atoms with E-state index in [0.717, 1.165) is 17.1 Å². The molecule has 3 aromatic rings. The van der Waals surface area contributed by atoms with Crippen molar-refractivity contribution in [1.82, 2.24) is 14.5 Å². The summed E-state index contributed by atoms with van der Waals surface area (Å²) in [7, 11) is 0. The number of hydrogen-bond acceptors (Lipinski definition) is 4. The van der Waals surface area contributed by atoms with Gasteiger partial charge in [0, 0.05) is 31.4 Å². The van der Waals surface area contributed by atoms with E-state index >= 15 is 0 Å². The molecule has 6 heteroatoms. The molecule has 1 fully saturated rings. The lowest BCUT2D eigenvalue weighted by Gasteiger charge is -2.40. The summed E-state index contributed by atoms with van der Waals surface area (Å²) in [5.41, 5.74) is 8.87. The normalized spacial score (nSPS) is 18.2. The first kappa shape index (κ1) is 23.2. The van der Waals surface area contributed by atoms with Gasteiger partial charge in [-0.25, -0.2) is 4.98 Å². The average Bonchev–Trinajstić information content (AvgIpc) is 3.11. The molecular formula is C27H34N4O2. The largest absolute Gasteiger partial charge is 0.375 e. The molecule has 0 saturated carbocycles. The Morgan fingerprint density at radius 2 is 1.76 bits per heavy atom. The molecule has 4 rings (SSSR count). The monoisotopic (exact) mass is 446 g/mol. The number of nitrogens with zero attached hydrogens (tertiary/aromatic N) is 3. The molecule has 0 aliphatic carbocycles. The number of carbonyl (C=O) groups excluding carboxylic acids is 1. The number of benzene rings is 2. The topological polar surface area (TPSA) is 73.4 Å². The summed E-state index contributed by atoms with van der Waals surface area (Å²) in [5, 5.41) is 0. The van der Waals surface area contributed by atoms with Crippen LogP contribution in [0.25, 0.3) is 11.3 Å². The number of nitrogens with two attached hydrogens (primary N) is 1. The van der Waals surface area contributed by atoms with Crippen LogP contribution in [-0.4, -0.2) is 46.2 Å². The van der Waals surface area contributed by atoms with Gasteiger partial charge in [-0.1, -0.05) is 81.4 Å². The lowest BCUT2D eigenvalue weighted by Crippen LogP contribution is -2.46. The fourth-order valence-electron chi connectivity index (χ4n) is 4.52. The van der Waals surface area contributed by atoms with Crippen molar-refractivity contribution in [3.05, 3.63) is 78.2 Å². The number of aromatic nitrogens is 2. The third-order valence-electron chi connectivity index (χ3n) is 6.10. The summed E-state index contributed by atoms with van der Waals surface area (Å²) in [5.74, 6) is 0.970. The Balaban J connectivity index is 1.83. The summed E-state index contributed by atoms with van der Waals surface area (Å²) in [6.45, 7) is 8.43. The van der Waals surface area contributed by atoms with Gasteiger partial charge in [0.15, 0.2) is 0 Å². The Kier molecular flexibility index (Phi) is 6.96. The quantitative estimate of drug-likeness (QED) is 0.614. The second-order valence-corrected chi connectivity index (χ2v) is 9.76. The molecule has 0 unspecified atom stereocenters. The Morgan fingerprint density at radius 3 is 2.39 bits per heavy atom. The SMILES string of the molecule is CC(C)(C)[C@H](c1nc(-c2ccccc2)cn1Cc1ccccc1)N1C[C@H](CN)OCCC1=O. The van der Waals surface area contributed by atoms with E-state index in [1.807, 2.05) is 41.3 Å². The van der Waals surface area contributed by atoms with E-state index in [1.165, 1.54) is 5.56 Å². The van der Waals surface area contributed by atoms with Gasteiger partial charge in [-0.3, -0.25) is 4.79 Å². The van der Waals surface area contributed by atoms with Crippen LogP contribution in [0, 0.1) is 5.41 Å². The van der Waals surface area contributed by atoms with Crippen molar-refractivity contribution in [2.45, 2.75) is 45.9 Å². The van der Waals surface area contributed by atoms with Gasteiger partial charge in [0.25, 0.3) is 0 Å². The van der Waals surface area contributed by atoms with Crippen molar-refractivity contribution < 1.29 is 9.53 Å². The van der Waals surface area contributed by atoms with Crippen LogP contribution in [0.1, 0.15) is 44.6 Å². The number of imidazole rings is 1. The molecule has 1 aliphatic rings. The van der Waals surface area contributed by atoms with Crippen molar-refractivity contribution in [1.29, 1.82) is 0 Å². The van der Waals surface area contributed by atoms with Gasteiger partial charge in [0.05, 0.1) is 30.9 Å². The number of rotatable bonds is 6. The van der Waals surface area contributed by atoms with Gasteiger partial charge >= 0.3 is 0 Å². The standard InChI is InChI=1S/C27H34N4O2/c1-27(2,3)25(31-18-22(16-28)33-15-14-24(31)32)26-29-23(21-12-8-5-9-13-21)19-30(26)17-20-10-6-4-7-11-20/h4-13,19,22,25H,14-18,28H2,1-3H3/t22-,25-/m0/s1. The van der Waals surface area contributed by atoms with E-state index < -0.39 is 0 Å². The molecule has 1 aromatic heterocycles. The summed E-state index contributed by atoms with van der Waals surface area (Å²) in [4.78, 5) is 20.3. The molecule has 2 N–H and O–H groups in total. The van der Waals surface area contributed by atoms with Gasteiger partial charge in [0.2, 0.25) is 5.91 Å². The van der Waals surface area contributed by atoms with Crippen molar-refractivity contribution in [2.24, 2.45) is 11.1 Å². The maximum atomic E-state index is 13.3. The van der Waals surface area contributed by atoms with Gasteiger partial charge in [-0.05, 0) is 11.0 Å². The highest BCUT2D eigenvalue weighted by Crippen LogP contribution is 2.40. The molecule has 174 valence electrons. The third-order valence-corrected chi connectivity index (χ3v) is 6.10. The Bertz CT molecular complexity index is 1060. The van der Waals surface area contributed by atoms with Crippen molar-refractivity contribution in [2.75, 3.05) is 19.7 Å². The highest BCUT2D eigenvalue weighted by Gasteiger charge is 2.40. The highest BCUT2D eigenvalue weighted by molar-refractivity contribution is 5.77. The summed E-state index contributed by atoms with van der Waals surface area (Å²) < 4.78 is 8.04. The van der Waals surface area contributed by atoms with E-state index in [9.17, 15) is 4.79 Å². The predicted molar refractivity (Wildman–Crippen MR) is 131 cm³/mol. The minimum Gasteiger partial charge on any atom is -0.375 e. The van der Waals surface area contributed by atoms with E-state index in [1.54, 1.807) is 0 Å². The van der Waals surface area contributed by atoms with E-state index in [0.29, 0.717) is 32.7 Å². The van der Waals surface area contributed by atoms with Crippen LogP contribution in [0.2, 0.25) is 0 Å². The maximum absolute atomic E-state index is 13.3. The van der Waals surface area contributed by atoms with Crippen LogP contribution in [0.4, 0.5) is 0 Å². The molecular weight excluding hydrogens is 412 g/mol. The Hall–Kier alpha value is -2.96. The fraction of sp³-hybridized carbons (Fsp3) is 0.407. The molecule has 0 spiro atoms. The van der Waals surface area contributed by atoms with Crippen LogP contribution in [0.3, 0.4) is 0 Å². The van der Waals surface area contributed by atoms with Gasteiger partial charge in [-0.15, -0.1) is 0 Å². The number of amides is 1. The third kappa shape index (κ3) is 5.34. The number of carbonyl (C=O) groups is 1. The second kappa shape index (κ2) is 9.89. The van der Waals surface area contributed by atoms with Crippen LogP contribution in [0.5, 0.6) is 0 Å². The van der Waals surface area contributed by atoms with Crippen molar-refractivity contribution in [3.8, 4) is 11.3 Å². The predicted octanol–water partition coefficient (Wildman–Crippen LogP) is 4.26. The summed E-state index contributed by atoms with van der Waals surface area (Å²) >= 11 is 0. The second-order valence-electron chi connectivity index (χ2n) is 9.76. The van der Waals surface area contributed by atoms with Gasteiger partial charge < -0.3 is 19.9 Å². The Labute approximate surface area is 196 Å². The average molecular weight is 447 g/mol. The molecule has 2 aromatic carbocycles. The van der Waals surface area contributed by atoms with Gasteiger partial charge in [0.1, 0.15) is 5.82 Å². The maximum Gasteiger partial charge on any atom is 0.225 e. The van der Waals surface area contributed by atoms with Gasteiger partial charge in [-0.2, -0.15) is 0 Å². The first-order valence-electron chi connectivity index (χ1n) is 11.6. The number of ether oxygens (including phenoxy) is 1. The molecule has 2 atom stereocenters. The number of hydrogen-bond donors (Lipinski definition) is 1. The molecule has 1 saturated heterocycles. The molecule has 0 bridgehead atoms. The van der Waals surface area contributed by atoms with Crippen LogP contribution in [0.15, 0.2) is 66.9 Å². The lowest BCUT2D eigenvalue weighted by atomic mass is 9.84. The molecule has 0 radical (unpaired) electrons. The molecule has 33 heavy (non-hydrogen) atoms. The molecule has 6 nitrogen and oxygen atoms in total. The van der Waals surface area contributed by atoms with E-state index in [-0.39, 0.29) is 23.5 Å². The van der Waals surface area contributed by atoms with E-state index in [4.69, 9.17) is 15.5 Å². The first-order valence-corrected chi connectivity index (χ1v) is 11.6. The Morgan fingerprint density at radius 1 is 1.09 bits per heavy atom.